The molecular weight excluding hydrogens is 572 g/mol. The number of pyridine rings is 2. The third kappa shape index (κ3) is 5.73. The Kier molecular flexibility index (Phi) is 10.1. The molecule has 46 heavy (non-hydrogen) atoms. The molecule has 0 fully saturated rings. The van der Waals surface area contributed by atoms with Crippen LogP contribution in [-0.2, 0) is 25.9 Å². The highest BCUT2D eigenvalue weighted by Gasteiger charge is 2.27. The number of aromatic nitrogens is 6. The first kappa shape index (κ1) is 32.3. The van der Waals surface area contributed by atoms with Gasteiger partial charge in [0.15, 0.2) is 11.3 Å². The van der Waals surface area contributed by atoms with Gasteiger partial charge in [0.05, 0.1) is 11.4 Å². The van der Waals surface area contributed by atoms with E-state index in [0.717, 1.165) is 146 Å². The van der Waals surface area contributed by atoms with Crippen molar-refractivity contribution in [1.82, 2.24) is 29.5 Å². The third-order valence-electron chi connectivity index (χ3n) is 9.97. The van der Waals surface area contributed by atoms with Crippen LogP contribution in [-0.4, -0.2) is 29.5 Å². The summed E-state index contributed by atoms with van der Waals surface area (Å²) < 4.78 is 3.71. The van der Waals surface area contributed by atoms with Gasteiger partial charge < -0.3 is 0 Å². The predicted octanol–water partition coefficient (Wildman–Crippen LogP) is 8.86. The molecule has 0 unspecified atom stereocenters. The molecule has 6 aromatic rings. The van der Waals surface area contributed by atoms with Crippen LogP contribution in [0.4, 0.5) is 0 Å². The third-order valence-corrected chi connectivity index (χ3v) is 9.97. The molecule has 4 heterocycles. The second kappa shape index (κ2) is 14.4. The van der Waals surface area contributed by atoms with Crippen molar-refractivity contribution >= 4 is 54.4 Å². The Hall–Kier alpha value is -3.68. The van der Waals surface area contributed by atoms with Gasteiger partial charge in [-0.1, -0.05) is 91.9 Å². The molecule has 2 aromatic carbocycles. The highest BCUT2D eigenvalue weighted by Crippen LogP contribution is 2.42. The van der Waals surface area contributed by atoms with E-state index in [4.69, 9.17) is 20.4 Å². The van der Waals surface area contributed by atoms with Crippen molar-refractivity contribution in [3.05, 3.63) is 44.2 Å². The van der Waals surface area contributed by atoms with E-state index in [2.05, 4.69) is 39.8 Å². The molecule has 0 spiro atoms. The molecule has 0 aliphatic carbocycles. The summed E-state index contributed by atoms with van der Waals surface area (Å²) >= 11 is 0. The lowest BCUT2D eigenvalue weighted by molar-refractivity contribution is 0.580. The summed E-state index contributed by atoms with van der Waals surface area (Å²) in [6.07, 6.45) is 16.5. The molecular formula is C38H50N6O2. The maximum Gasteiger partial charge on any atom is 0.260 e. The predicted molar refractivity (Wildman–Crippen MR) is 191 cm³/mol. The van der Waals surface area contributed by atoms with E-state index in [1.807, 2.05) is 9.13 Å². The lowest BCUT2D eigenvalue weighted by Gasteiger charge is -2.21. The molecule has 0 aliphatic rings. The monoisotopic (exact) mass is 622 g/mol. The normalized spacial score (nSPS) is 12.3. The van der Waals surface area contributed by atoms with Crippen molar-refractivity contribution in [1.29, 1.82) is 0 Å². The summed E-state index contributed by atoms with van der Waals surface area (Å²) in [4.78, 5) is 29.0. The fourth-order valence-corrected chi connectivity index (χ4v) is 7.44. The van der Waals surface area contributed by atoms with Crippen LogP contribution in [0.5, 0.6) is 0 Å². The lowest BCUT2D eigenvalue weighted by atomic mass is 9.89. The number of rotatable bonds is 18. The molecule has 0 amide bonds. The van der Waals surface area contributed by atoms with E-state index in [1.54, 1.807) is 0 Å². The summed E-state index contributed by atoms with van der Waals surface area (Å²) in [5.41, 5.74) is 3.00. The molecule has 0 saturated heterocycles. The summed E-state index contributed by atoms with van der Waals surface area (Å²) in [6, 6.07) is 4.15. The fourth-order valence-electron chi connectivity index (χ4n) is 7.44. The summed E-state index contributed by atoms with van der Waals surface area (Å²) in [5.74, 6) is 0. The summed E-state index contributed by atoms with van der Waals surface area (Å²) in [7, 11) is 0. The Morgan fingerprint density at radius 2 is 0.848 bits per heavy atom. The van der Waals surface area contributed by atoms with E-state index in [9.17, 15) is 9.59 Å². The van der Waals surface area contributed by atoms with Gasteiger partial charge in [0.2, 0.25) is 0 Å². The van der Waals surface area contributed by atoms with Crippen LogP contribution < -0.4 is 11.1 Å². The Morgan fingerprint density at radius 3 is 1.24 bits per heavy atom. The highest BCUT2D eigenvalue weighted by molar-refractivity contribution is 6.35. The molecule has 6 rings (SSSR count). The van der Waals surface area contributed by atoms with Crippen molar-refractivity contribution in [3.8, 4) is 0 Å². The van der Waals surface area contributed by atoms with Gasteiger partial charge in [0.25, 0.3) is 11.1 Å². The Labute approximate surface area is 271 Å². The number of unbranched alkanes of at least 4 members (excludes halogenated alkanes) is 10. The molecule has 8 nitrogen and oxygen atoms in total. The molecule has 0 aliphatic heterocycles. The van der Waals surface area contributed by atoms with Gasteiger partial charge in [-0.3, -0.25) is 18.7 Å². The van der Waals surface area contributed by atoms with Crippen LogP contribution in [0.15, 0.2) is 21.7 Å². The van der Waals surface area contributed by atoms with Gasteiger partial charge in [-0.25, -0.2) is 0 Å². The van der Waals surface area contributed by atoms with Crippen LogP contribution in [0.25, 0.3) is 54.4 Å². The van der Waals surface area contributed by atoms with E-state index in [1.165, 1.54) is 0 Å². The first-order valence-electron chi connectivity index (χ1n) is 18.2. The molecule has 0 atom stereocenters. The largest absolute Gasteiger partial charge is 0.291 e. The summed E-state index contributed by atoms with van der Waals surface area (Å²) in [5, 5.41) is 25.9. The first-order chi connectivity index (χ1) is 22.5. The SMILES string of the molecule is CCCCCCn1c(=O)c2cc3c(CCCCC)nnc4c3c3c(cc5c(CCCCC)nnc1c5c23)c(=O)n4CCCCCC. The molecule has 8 heteroatoms. The van der Waals surface area contributed by atoms with Crippen LogP contribution in [0.3, 0.4) is 0 Å². The number of aryl methyl sites for hydroxylation is 4. The van der Waals surface area contributed by atoms with Crippen molar-refractivity contribution in [2.45, 2.75) is 144 Å². The van der Waals surface area contributed by atoms with Crippen molar-refractivity contribution in [3.63, 3.8) is 0 Å². The van der Waals surface area contributed by atoms with Crippen molar-refractivity contribution in [2.75, 3.05) is 0 Å². The second-order valence-corrected chi connectivity index (χ2v) is 13.3. The lowest BCUT2D eigenvalue weighted by Crippen LogP contribution is -2.25. The highest BCUT2D eigenvalue weighted by atomic mass is 16.1. The van der Waals surface area contributed by atoms with E-state index in [0.29, 0.717) is 35.2 Å². The zero-order valence-corrected chi connectivity index (χ0v) is 28.4. The smallest absolute Gasteiger partial charge is 0.260 e. The number of hydrogen-bond donors (Lipinski definition) is 0. The average Bonchev–Trinajstić information content (AvgIpc) is 3.07. The van der Waals surface area contributed by atoms with Gasteiger partial charge in [0.1, 0.15) is 0 Å². The van der Waals surface area contributed by atoms with Gasteiger partial charge in [-0.15, -0.1) is 10.2 Å². The van der Waals surface area contributed by atoms with Gasteiger partial charge in [0, 0.05) is 56.2 Å². The van der Waals surface area contributed by atoms with Gasteiger partial charge in [-0.2, -0.15) is 10.2 Å². The number of benzene rings is 2. The zero-order valence-electron chi connectivity index (χ0n) is 28.4. The van der Waals surface area contributed by atoms with E-state index >= 15 is 0 Å². The molecule has 0 saturated carbocycles. The minimum Gasteiger partial charge on any atom is -0.291 e. The first-order valence-corrected chi connectivity index (χ1v) is 18.2. The van der Waals surface area contributed by atoms with Gasteiger partial charge in [-0.05, 0) is 50.7 Å². The molecule has 4 aromatic heterocycles. The van der Waals surface area contributed by atoms with E-state index in [-0.39, 0.29) is 11.1 Å². The van der Waals surface area contributed by atoms with Crippen LogP contribution in [0.1, 0.15) is 129 Å². The zero-order chi connectivity index (χ0) is 32.2. The van der Waals surface area contributed by atoms with Crippen LogP contribution in [0.2, 0.25) is 0 Å². The average molecular weight is 623 g/mol. The standard InChI is InChI=1S/C38H50N6O2/c1-5-9-13-17-21-43-35-33-25(29(39-41-35)19-15-11-7-3)24-28-32-31(33)27(37(43)45)23-26-30(20-16-12-8-4)40-42-36(34(26)32)44(38(28)46)22-18-14-10-6-2/h23-24H,5-22H2,1-4H3. The second-order valence-electron chi connectivity index (χ2n) is 13.3. The van der Waals surface area contributed by atoms with Crippen molar-refractivity contribution in [2.24, 2.45) is 0 Å². The Morgan fingerprint density at radius 1 is 0.457 bits per heavy atom. The maximum absolute atomic E-state index is 14.5. The summed E-state index contributed by atoms with van der Waals surface area (Å²) in [6.45, 7) is 10.0. The van der Waals surface area contributed by atoms with Crippen molar-refractivity contribution < 1.29 is 0 Å². The Balaban J connectivity index is 1.72. The molecule has 244 valence electrons. The molecule has 0 radical (unpaired) electrons. The Bertz CT molecular complexity index is 1910. The number of nitrogens with zero attached hydrogens (tertiary/aromatic N) is 6. The van der Waals surface area contributed by atoms with Crippen LogP contribution >= 0.6 is 0 Å². The topological polar surface area (TPSA) is 95.6 Å². The molecule has 0 bridgehead atoms. The quantitative estimate of drug-likeness (QED) is 0.0540. The molecule has 0 N–H and O–H groups in total. The fraction of sp³-hybridized carbons (Fsp3) is 0.579. The minimum atomic E-state index is -0.0512. The van der Waals surface area contributed by atoms with Gasteiger partial charge >= 0.3 is 0 Å². The van der Waals surface area contributed by atoms with E-state index < -0.39 is 0 Å². The maximum atomic E-state index is 14.5. The minimum absolute atomic E-state index is 0.0512. The number of hydrogen-bond acceptors (Lipinski definition) is 6. The van der Waals surface area contributed by atoms with Crippen LogP contribution in [0, 0.1) is 0 Å².